The molecule has 3 heteroatoms. The van der Waals surface area contributed by atoms with Gasteiger partial charge in [0.05, 0.1) is 6.57 Å². The Balaban J connectivity index is 1.38. The molecule has 0 saturated heterocycles. The Kier molecular flexibility index (Phi) is 6.35. The highest BCUT2D eigenvalue weighted by Crippen LogP contribution is 2.16. The Hall–Kier alpha value is -2.70. The van der Waals surface area contributed by atoms with Crippen molar-refractivity contribution in [2.75, 3.05) is 0 Å². The lowest BCUT2D eigenvalue weighted by Crippen LogP contribution is -2.25. The first kappa shape index (κ1) is 18.1. The van der Waals surface area contributed by atoms with Crippen LogP contribution in [0.15, 0.2) is 60.9 Å². The van der Waals surface area contributed by atoms with Crippen LogP contribution < -0.4 is 5.32 Å². The lowest BCUT2D eigenvalue weighted by atomic mass is 10.0. The van der Waals surface area contributed by atoms with E-state index in [4.69, 9.17) is 6.57 Å². The first-order chi connectivity index (χ1) is 12.7. The van der Waals surface area contributed by atoms with Crippen molar-refractivity contribution in [3.8, 4) is 0 Å². The molecule has 0 unspecified atom stereocenters. The number of nitrogens with zero attached hydrogens (tertiary/aromatic N) is 2. The monoisotopic (exact) mass is 343 g/mol. The third-order valence-corrected chi connectivity index (χ3v) is 4.78. The van der Waals surface area contributed by atoms with Gasteiger partial charge in [-0.05, 0) is 49.3 Å². The van der Waals surface area contributed by atoms with E-state index in [0.717, 1.165) is 18.7 Å². The van der Waals surface area contributed by atoms with Gasteiger partial charge in [0.2, 0.25) is 0 Å². The molecule has 3 rings (SSSR count). The van der Waals surface area contributed by atoms with Crippen LogP contribution in [0, 0.1) is 6.57 Å². The fourth-order valence-corrected chi connectivity index (χ4v) is 3.15. The van der Waals surface area contributed by atoms with Crippen LogP contribution >= 0.6 is 0 Å². The Morgan fingerprint density at radius 3 is 2.62 bits per heavy atom. The van der Waals surface area contributed by atoms with Crippen LogP contribution in [0.1, 0.15) is 37.3 Å². The van der Waals surface area contributed by atoms with Crippen molar-refractivity contribution < 1.29 is 0 Å². The Morgan fingerprint density at radius 1 is 1.00 bits per heavy atom. The smallest absolute Gasteiger partial charge is 0.187 e. The minimum Gasteiger partial charge on any atom is -0.310 e. The third kappa shape index (κ3) is 5.15. The standard InChI is InChI=1S/C23H25N3/c1-18(5-3-4-6-19-8-11-23(24-2)12-9-19)26-16-20-7-10-22-17-25-14-13-21(22)15-20/h7-15,17-18,26H,3-6,16H2,1H3/t18-/m1/s1. The topological polar surface area (TPSA) is 29.3 Å². The number of unbranched alkanes of at least 4 members (excludes halogenated alkanes) is 1. The summed E-state index contributed by atoms with van der Waals surface area (Å²) in [5.74, 6) is 0. The summed E-state index contributed by atoms with van der Waals surface area (Å²) in [5, 5.41) is 6.06. The van der Waals surface area contributed by atoms with Gasteiger partial charge in [0.1, 0.15) is 0 Å². The van der Waals surface area contributed by atoms with Gasteiger partial charge in [-0.25, -0.2) is 4.85 Å². The molecule has 1 aromatic heterocycles. The summed E-state index contributed by atoms with van der Waals surface area (Å²) in [6.45, 7) is 10.1. The molecule has 3 aromatic rings. The second-order valence-electron chi connectivity index (χ2n) is 6.86. The summed E-state index contributed by atoms with van der Waals surface area (Å²) in [6, 6.07) is 17.1. The summed E-state index contributed by atoms with van der Waals surface area (Å²) in [5.41, 5.74) is 3.36. The van der Waals surface area contributed by atoms with Gasteiger partial charge in [0, 0.05) is 30.4 Å². The lowest BCUT2D eigenvalue weighted by Gasteiger charge is -2.14. The molecule has 3 nitrogen and oxygen atoms in total. The summed E-state index contributed by atoms with van der Waals surface area (Å²) in [4.78, 5) is 7.59. The van der Waals surface area contributed by atoms with Crippen molar-refractivity contribution in [2.45, 2.75) is 45.2 Å². The SMILES string of the molecule is [C-]#[N+]c1ccc(CCCC[C@@H](C)NCc2ccc3cnccc3c2)cc1. The molecule has 0 saturated carbocycles. The van der Waals surface area contributed by atoms with E-state index in [1.54, 1.807) is 0 Å². The van der Waals surface area contributed by atoms with Crippen molar-refractivity contribution in [3.05, 3.63) is 83.5 Å². The molecular formula is C23H25N3. The molecular weight excluding hydrogens is 318 g/mol. The molecule has 1 heterocycles. The van der Waals surface area contributed by atoms with Crippen LogP contribution in [0.2, 0.25) is 0 Å². The van der Waals surface area contributed by atoms with Gasteiger partial charge in [-0.3, -0.25) is 4.98 Å². The van der Waals surface area contributed by atoms with Crippen LogP contribution in [0.3, 0.4) is 0 Å². The minimum atomic E-state index is 0.507. The maximum Gasteiger partial charge on any atom is 0.187 e. The number of rotatable bonds is 8. The first-order valence-electron chi connectivity index (χ1n) is 9.27. The average Bonchev–Trinajstić information content (AvgIpc) is 2.70. The Labute approximate surface area is 155 Å². The maximum absolute atomic E-state index is 6.99. The van der Waals surface area contributed by atoms with Crippen LogP contribution in [0.5, 0.6) is 0 Å². The molecule has 0 aliphatic heterocycles. The van der Waals surface area contributed by atoms with Gasteiger partial charge >= 0.3 is 0 Å². The summed E-state index contributed by atoms with van der Waals surface area (Å²) < 4.78 is 0. The maximum atomic E-state index is 6.99. The van der Waals surface area contributed by atoms with Gasteiger partial charge in [-0.1, -0.05) is 48.4 Å². The number of pyridine rings is 1. The number of hydrogen-bond acceptors (Lipinski definition) is 2. The molecule has 0 aliphatic carbocycles. The van der Waals surface area contributed by atoms with E-state index in [-0.39, 0.29) is 0 Å². The third-order valence-electron chi connectivity index (χ3n) is 4.78. The van der Waals surface area contributed by atoms with E-state index in [9.17, 15) is 0 Å². The molecule has 132 valence electrons. The second-order valence-corrected chi connectivity index (χ2v) is 6.86. The molecule has 0 amide bonds. The number of benzene rings is 2. The van der Waals surface area contributed by atoms with Crippen LogP contribution in [-0.2, 0) is 13.0 Å². The zero-order valence-electron chi connectivity index (χ0n) is 15.3. The summed E-state index contributed by atoms with van der Waals surface area (Å²) in [6.07, 6.45) is 8.41. The van der Waals surface area contributed by atoms with Crippen LogP contribution in [0.25, 0.3) is 15.6 Å². The molecule has 0 bridgehead atoms. The van der Waals surface area contributed by atoms with E-state index >= 15 is 0 Å². The highest BCUT2D eigenvalue weighted by Gasteiger charge is 2.03. The molecule has 2 aromatic carbocycles. The average molecular weight is 343 g/mol. The fourth-order valence-electron chi connectivity index (χ4n) is 3.15. The molecule has 0 radical (unpaired) electrons. The predicted molar refractivity (Wildman–Crippen MR) is 108 cm³/mol. The number of nitrogens with one attached hydrogen (secondary N) is 1. The van der Waals surface area contributed by atoms with Gasteiger partial charge in [0.15, 0.2) is 5.69 Å². The molecule has 0 fully saturated rings. The number of hydrogen-bond donors (Lipinski definition) is 1. The first-order valence-corrected chi connectivity index (χ1v) is 9.27. The van der Waals surface area contributed by atoms with Crippen molar-refractivity contribution in [2.24, 2.45) is 0 Å². The second kappa shape index (κ2) is 9.12. The van der Waals surface area contributed by atoms with Crippen LogP contribution in [0.4, 0.5) is 5.69 Å². The van der Waals surface area contributed by atoms with Gasteiger partial charge in [0.25, 0.3) is 0 Å². The van der Waals surface area contributed by atoms with Crippen molar-refractivity contribution >= 4 is 16.5 Å². The zero-order valence-corrected chi connectivity index (χ0v) is 15.3. The van der Waals surface area contributed by atoms with Gasteiger partial charge in [-0.2, -0.15) is 0 Å². The lowest BCUT2D eigenvalue weighted by molar-refractivity contribution is 0.489. The predicted octanol–water partition coefficient (Wildman–Crippen LogP) is 5.68. The summed E-state index contributed by atoms with van der Waals surface area (Å²) >= 11 is 0. The number of aryl methyl sites for hydroxylation is 1. The van der Waals surface area contributed by atoms with E-state index in [0.29, 0.717) is 6.04 Å². The van der Waals surface area contributed by atoms with Gasteiger partial charge in [-0.15, -0.1) is 0 Å². The quantitative estimate of drug-likeness (QED) is 0.421. The normalized spacial score (nSPS) is 12.0. The molecule has 26 heavy (non-hydrogen) atoms. The van der Waals surface area contributed by atoms with E-state index in [2.05, 4.69) is 58.5 Å². The highest BCUT2D eigenvalue weighted by molar-refractivity contribution is 5.81. The zero-order chi connectivity index (χ0) is 18.2. The Bertz CT molecular complexity index is 878. The Morgan fingerprint density at radius 2 is 1.81 bits per heavy atom. The minimum absolute atomic E-state index is 0.507. The fraction of sp³-hybridized carbons (Fsp3) is 0.304. The summed E-state index contributed by atoms with van der Waals surface area (Å²) in [7, 11) is 0. The molecule has 0 spiro atoms. The molecule has 0 aliphatic rings. The van der Waals surface area contributed by atoms with E-state index in [1.165, 1.54) is 41.2 Å². The highest BCUT2D eigenvalue weighted by atomic mass is 14.9. The largest absolute Gasteiger partial charge is 0.310 e. The van der Waals surface area contributed by atoms with E-state index in [1.807, 2.05) is 24.5 Å². The van der Waals surface area contributed by atoms with Crippen molar-refractivity contribution in [3.63, 3.8) is 0 Å². The van der Waals surface area contributed by atoms with Crippen LogP contribution in [-0.4, -0.2) is 11.0 Å². The van der Waals surface area contributed by atoms with Gasteiger partial charge < -0.3 is 5.32 Å². The van der Waals surface area contributed by atoms with Crippen molar-refractivity contribution in [1.29, 1.82) is 0 Å². The van der Waals surface area contributed by atoms with Crippen molar-refractivity contribution in [1.82, 2.24) is 10.3 Å². The van der Waals surface area contributed by atoms with E-state index < -0.39 is 0 Å². The number of fused-ring (bicyclic) bond motifs is 1. The molecule has 1 atom stereocenters. The number of aromatic nitrogens is 1. The molecule has 1 N–H and O–H groups in total.